The molecule has 0 spiro atoms. The van der Waals surface area contributed by atoms with Crippen LogP contribution in [0.5, 0.6) is 5.75 Å². The van der Waals surface area contributed by atoms with Crippen LogP contribution in [0.15, 0.2) is 97.1 Å². The highest BCUT2D eigenvalue weighted by atomic mass is 16.6. The van der Waals surface area contributed by atoms with E-state index in [2.05, 4.69) is 11.4 Å². The second kappa shape index (κ2) is 9.18. The molecule has 1 unspecified atom stereocenters. The Morgan fingerprint density at radius 3 is 2.17 bits per heavy atom. The number of para-hydroxylation sites is 1. The molecule has 0 radical (unpaired) electrons. The number of hydrogen-bond acceptors (Lipinski definition) is 5. The number of benzene rings is 4. The summed E-state index contributed by atoms with van der Waals surface area (Å²) in [4.78, 5) is 15.0. The van der Waals surface area contributed by atoms with E-state index in [1.807, 2.05) is 117 Å². The average Bonchev–Trinajstić information content (AvgIpc) is 3.17. The molecule has 1 aliphatic heterocycles. The Kier molecular flexibility index (Phi) is 5.91. The van der Waals surface area contributed by atoms with Gasteiger partial charge in [0, 0.05) is 42.2 Å². The highest BCUT2D eigenvalue weighted by Gasteiger charge is 2.47. The van der Waals surface area contributed by atoms with Crippen LogP contribution in [0.2, 0.25) is 0 Å². The number of nitrogens with one attached hydrogen (secondary N) is 1. The molecule has 1 aliphatic rings. The van der Waals surface area contributed by atoms with E-state index in [0.29, 0.717) is 12.2 Å². The largest absolute Gasteiger partial charge is 0.494 e. The molecule has 4 aromatic rings. The summed E-state index contributed by atoms with van der Waals surface area (Å²) in [5.41, 5.74) is 5.02. The predicted molar refractivity (Wildman–Crippen MR) is 140 cm³/mol. The number of anilines is 2. The zero-order chi connectivity index (χ0) is 24.4. The van der Waals surface area contributed by atoms with E-state index >= 15 is 0 Å². The van der Waals surface area contributed by atoms with E-state index < -0.39 is 5.72 Å². The summed E-state index contributed by atoms with van der Waals surface area (Å²) in [6.45, 7) is 2.59. The lowest BCUT2D eigenvalue weighted by Crippen LogP contribution is -2.37. The van der Waals surface area contributed by atoms with E-state index in [9.17, 15) is 4.79 Å². The first kappa shape index (κ1) is 22.5. The maximum atomic E-state index is 13.0. The number of nitrogens with zero attached hydrogens (tertiary/aromatic N) is 1. The zero-order valence-corrected chi connectivity index (χ0v) is 20.1. The lowest BCUT2D eigenvalue weighted by molar-refractivity contribution is 0.0213. The Bertz CT molecular complexity index is 1350. The van der Waals surface area contributed by atoms with Crippen LogP contribution in [-0.4, -0.2) is 26.7 Å². The van der Waals surface area contributed by atoms with Crippen molar-refractivity contribution in [1.82, 2.24) is 0 Å². The van der Waals surface area contributed by atoms with Gasteiger partial charge in [-0.3, -0.25) is 0 Å². The minimum absolute atomic E-state index is 0.344. The van der Waals surface area contributed by atoms with Gasteiger partial charge in [0.25, 0.3) is 0 Å². The third kappa shape index (κ3) is 4.10. The first-order valence-corrected chi connectivity index (χ1v) is 11.7. The molecule has 0 fully saturated rings. The minimum atomic E-state index is -1.15. The fraction of sp³-hybridized carbons (Fsp3) is 0.167. The molecule has 0 aromatic heterocycles. The van der Waals surface area contributed by atoms with E-state index in [4.69, 9.17) is 9.47 Å². The Morgan fingerprint density at radius 2 is 1.49 bits per heavy atom. The number of hydrogen-bond donors (Lipinski definition) is 1. The quantitative estimate of drug-likeness (QED) is 0.325. The summed E-state index contributed by atoms with van der Waals surface area (Å²) in [5, 5.41) is 3.62. The molecule has 35 heavy (non-hydrogen) atoms. The number of fused-ring (bicyclic) bond motifs is 1. The van der Waals surface area contributed by atoms with Crippen molar-refractivity contribution in [1.29, 1.82) is 0 Å². The first-order valence-electron chi connectivity index (χ1n) is 11.7. The molecule has 4 aromatic carbocycles. The van der Waals surface area contributed by atoms with Crippen LogP contribution in [0.25, 0.3) is 11.1 Å². The molecule has 0 bridgehead atoms. The van der Waals surface area contributed by atoms with Gasteiger partial charge in [0.2, 0.25) is 5.72 Å². The van der Waals surface area contributed by atoms with Crippen LogP contribution in [0.3, 0.4) is 0 Å². The maximum Gasteiger partial charge on any atom is 0.341 e. The third-order valence-electron chi connectivity index (χ3n) is 6.28. The van der Waals surface area contributed by atoms with Crippen molar-refractivity contribution in [3.8, 4) is 16.9 Å². The number of cyclic esters (lactones) is 1. The summed E-state index contributed by atoms with van der Waals surface area (Å²) >= 11 is 0. The standard InChI is InChI=1S/C30H28N2O3/c1-4-34-24-19-13-21(14-20-24)25-9-6-8-12-28(25)31-30(22-15-17-23(18-16-22)32(2)3)27-11-7-5-10-26(27)29(33)35-30/h5-20,31H,4H2,1-3H3. The summed E-state index contributed by atoms with van der Waals surface area (Å²) in [7, 11) is 4.00. The Balaban J connectivity index is 1.62. The molecular formula is C30H28N2O3. The second-order valence-corrected chi connectivity index (χ2v) is 8.69. The van der Waals surface area contributed by atoms with Crippen LogP contribution >= 0.6 is 0 Å². The van der Waals surface area contributed by atoms with E-state index in [-0.39, 0.29) is 5.97 Å². The average molecular weight is 465 g/mol. The molecule has 0 saturated heterocycles. The van der Waals surface area contributed by atoms with Gasteiger partial charge in [0.05, 0.1) is 12.2 Å². The lowest BCUT2D eigenvalue weighted by Gasteiger charge is -2.32. The summed E-state index contributed by atoms with van der Waals surface area (Å²) in [5.74, 6) is 0.487. The van der Waals surface area contributed by atoms with Crippen LogP contribution in [0.1, 0.15) is 28.4 Å². The Labute approximate surface area is 205 Å². The third-order valence-corrected chi connectivity index (χ3v) is 6.28. The number of esters is 1. The van der Waals surface area contributed by atoms with Crippen molar-refractivity contribution in [2.75, 3.05) is 30.9 Å². The topological polar surface area (TPSA) is 50.8 Å². The van der Waals surface area contributed by atoms with E-state index in [1.54, 1.807) is 0 Å². The molecule has 0 amide bonds. The highest BCUT2D eigenvalue weighted by Crippen LogP contribution is 2.44. The van der Waals surface area contributed by atoms with Crippen LogP contribution in [-0.2, 0) is 10.5 Å². The van der Waals surface area contributed by atoms with Gasteiger partial charge in [0.15, 0.2) is 0 Å². The molecule has 5 nitrogen and oxygen atoms in total. The molecule has 176 valence electrons. The van der Waals surface area contributed by atoms with Crippen molar-refractivity contribution in [3.63, 3.8) is 0 Å². The minimum Gasteiger partial charge on any atom is -0.494 e. The van der Waals surface area contributed by atoms with Gasteiger partial charge in [0.1, 0.15) is 5.75 Å². The smallest absolute Gasteiger partial charge is 0.341 e. The summed E-state index contributed by atoms with van der Waals surface area (Å²) in [6.07, 6.45) is 0. The Hall–Kier alpha value is -4.25. The molecule has 5 rings (SSSR count). The maximum absolute atomic E-state index is 13.0. The summed E-state index contributed by atoms with van der Waals surface area (Å²) < 4.78 is 11.8. The Morgan fingerprint density at radius 1 is 0.829 bits per heavy atom. The number of rotatable bonds is 7. The second-order valence-electron chi connectivity index (χ2n) is 8.69. The number of carbonyl (C=O) groups excluding carboxylic acids is 1. The zero-order valence-electron chi connectivity index (χ0n) is 20.1. The van der Waals surface area contributed by atoms with Crippen molar-refractivity contribution < 1.29 is 14.3 Å². The highest BCUT2D eigenvalue weighted by molar-refractivity contribution is 5.96. The van der Waals surface area contributed by atoms with Gasteiger partial charge in [-0.1, -0.05) is 60.7 Å². The summed E-state index contributed by atoms with van der Waals surface area (Å²) in [6, 6.07) is 31.7. The van der Waals surface area contributed by atoms with Crippen molar-refractivity contribution in [2.24, 2.45) is 0 Å². The molecule has 1 N–H and O–H groups in total. The lowest BCUT2D eigenvalue weighted by atomic mass is 9.91. The van der Waals surface area contributed by atoms with Crippen LogP contribution < -0.4 is 15.0 Å². The van der Waals surface area contributed by atoms with Gasteiger partial charge >= 0.3 is 5.97 Å². The molecule has 0 aliphatic carbocycles. The van der Waals surface area contributed by atoms with Crippen molar-refractivity contribution in [2.45, 2.75) is 12.6 Å². The van der Waals surface area contributed by atoms with Gasteiger partial charge in [-0.2, -0.15) is 0 Å². The van der Waals surface area contributed by atoms with Gasteiger partial charge < -0.3 is 19.7 Å². The fourth-order valence-electron chi connectivity index (χ4n) is 4.52. The number of carbonyl (C=O) groups is 1. The molecule has 5 heteroatoms. The normalized spacial score (nSPS) is 16.4. The fourth-order valence-corrected chi connectivity index (χ4v) is 4.52. The van der Waals surface area contributed by atoms with Gasteiger partial charge in [-0.25, -0.2) is 4.79 Å². The molecular weight excluding hydrogens is 436 g/mol. The van der Waals surface area contributed by atoms with Crippen LogP contribution in [0.4, 0.5) is 11.4 Å². The van der Waals surface area contributed by atoms with Crippen LogP contribution in [0, 0.1) is 0 Å². The number of ether oxygens (including phenoxy) is 2. The SMILES string of the molecule is CCOc1ccc(-c2ccccc2NC2(c3ccc(N(C)C)cc3)OC(=O)c3ccccc32)cc1. The monoisotopic (exact) mass is 464 g/mol. The van der Waals surface area contributed by atoms with Crippen molar-refractivity contribution in [3.05, 3.63) is 114 Å². The predicted octanol–water partition coefficient (Wildman–Crippen LogP) is 6.30. The van der Waals surface area contributed by atoms with Crippen molar-refractivity contribution >= 4 is 17.3 Å². The van der Waals surface area contributed by atoms with E-state index in [1.165, 1.54) is 0 Å². The molecule has 0 saturated carbocycles. The van der Waals surface area contributed by atoms with Gasteiger partial charge in [-0.05, 0) is 48.9 Å². The molecule has 1 heterocycles. The van der Waals surface area contributed by atoms with E-state index in [0.717, 1.165) is 39.4 Å². The van der Waals surface area contributed by atoms with Gasteiger partial charge in [-0.15, -0.1) is 0 Å². The molecule has 1 atom stereocenters. The first-order chi connectivity index (χ1) is 17.0.